The van der Waals surface area contributed by atoms with E-state index in [9.17, 15) is 33.3 Å². The van der Waals surface area contributed by atoms with E-state index < -0.39 is 34.0 Å². The first-order valence-electron chi connectivity index (χ1n) is 9.85. The van der Waals surface area contributed by atoms with Crippen LogP contribution in [-0.2, 0) is 17.5 Å². The molecule has 3 aromatic rings. The number of nitrogens with one attached hydrogen (secondary N) is 1. The summed E-state index contributed by atoms with van der Waals surface area (Å²) in [6, 6.07) is 17.1. The number of rotatable bonds is 7. The van der Waals surface area contributed by atoms with Crippen LogP contribution < -0.4 is 10.1 Å². The van der Waals surface area contributed by atoms with Crippen molar-refractivity contribution in [2.75, 3.05) is 0 Å². The van der Waals surface area contributed by atoms with Gasteiger partial charge in [-0.1, -0.05) is 46.3 Å². The number of alkyl halides is 3. The van der Waals surface area contributed by atoms with E-state index in [1.807, 2.05) is 6.07 Å². The summed E-state index contributed by atoms with van der Waals surface area (Å²) in [5.41, 5.74) is -1.35. The average Bonchev–Trinajstić information content (AvgIpc) is 2.82. The molecule has 0 saturated heterocycles. The molecule has 3 aromatic carbocycles. The number of nitriles is 1. The molecule has 3 rings (SSSR count). The molecule has 0 radical (unpaired) electrons. The fourth-order valence-corrected chi connectivity index (χ4v) is 3.32. The Balaban J connectivity index is 1.93. The Hall–Kier alpha value is -4.17. The Morgan fingerprint density at radius 3 is 2.43 bits per heavy atom. The molecule has 11 heteroatoms. The van der Waals surface area contributed by atoms with Gasteiger partial charge in [-0.15, -0.1) is 0 Å². The third-order valence-corrected chi connectivity index (χ3v) is 5.13. The second kappa shape index (κ2) is 10.8. The minimum Gasteiger partial charge on any atom is -0.449 e. The van der Waals surface area contributed by atoms with Crippen LogP contribution in [0.1, 0.15) is 16.7 Å². The van der Waals surface area contributed by atoms with E-state index in [1.54, 1.807) is 30.3 Å². The summed E-state index contributed by atoms with van der Waals surface area (Å²) in [6.07, 6.45) is -3.56. The van der Waals surface area contributed by atoms with Gasteiger partial charge in [-0.2, -0.15) is 18.4 Å². The maximum Gasteiger partial charge on any atom is 0.416 e. The van der Waals surface area contributed by atoms with Gasteiger partial charge in [0.25, 0.3) is 5.91 Å². The fourth-order valence-electron chi connectivity index (χ4n) is 2.94. The molecular weight excluding hydrogens is 531 g/mol. The quantitative estimate of drug-likeness (QED) is 0.160. The molecule has 0 unspecified atom stereocenters. The van der Waals surface area contributed by atoms with E-state index in [0.29, 0.717) is 16.6 Å². The Morgan fingerprint density at radius 2 is 1.80 bits per heavy atom. The Bertz CT molecular complexity index is 1340. The maximum absolute atomic E-state index is 13.0. The second-order valence-electron chi connectivity index (χ2n) is 7.06. The van der Waals surface area contributed by atoms with Crippen molar-refractivity contribution >= 4 is 33.6 Å². The highest BCUT2D eigenvalue weighted by Gasteiger charge is 2.33. The van der Waals surface area contributed by atoms with Crippen molar-refractivity contribution < 1.29 is 27.6 Å². The van der Waals surface area contributed by atoms with E-state index in [4.69, 9.17) is 4.74 Å². The van der Waals surface area contributed by atoms with Crippen molar-refractivity contribution in [3.8, 4) is 17.6 Å². The maximum atomic E-state index is 13.0. The molecule has 1 N–H and O–H groups in total. The molecule has 0 atom stereocenters. The number of amides is 1. The SMILES string of the molecule is N#C/C(=C\c1cc(Br)ccc1Oc1ccc(C(F)(F)F)cc1[N+](=O)[O-])C(=O)NCc1ccccc1. The minimum atomic E-state index is -4.77. The van der Waals surface area contributed by atoms with Gasteiger partial charge in [0.2, 0.25) is 5.75 Å². The zero-order valence-electron chi connectivity index (χ0n) is 17.7. The van der Waals surface area contributed by atoms with Gasteiger partial charge in [0, 0.05) is 22.6 Å². The molecule has 7 nitrogen and oxygen atoms in total. The molecule has 1 amide bonds. The number of carbonyl (C=O) groups is 1. The summed E-state index contributed by atoms with van der Waals surface area (Å²) in [5.74, 6) is -1.12. The van der Waals surface area contributed by atoms with Gasteiger partial charge in [-0.3, -0.25) is 14.9 Å². The first kappa shape index (κ1) is 25.5. The smallest absolute Gasteiger partial charge is 0.416 e. The van der Waals surface area contributed by atoms with Crippen molar-refractivity contribution in [2.45, 2.75) is 12.7 Å². The van der Waals surface area contributed by atoms with Gasteiger partial charge in [-0.05, 0) is 42.0 Å². The molecular formula is C24H15BrF3N3O4. The number of ether oxygens (including phenoxy) is 1. The molecule has 0 aliphatic carbocycles. The van der Waals surface area contributed by atoms with Crippen molar-refractivity contribution in [1.29, 1.82) is 5.26 Å². The van der Waals surface area contributed by atoms with Gasteiger partial charge < -0.3 is 10.1 Å². The molecule has 0 saturated carbocycles. The zero-order chi connectivity index (χ0) is 25.6. The van der Waals surface area contributed by atoms with Crippen molar-refractivity contribution in [3.05, 3.63) is 104 Å². The predicted molar refractivity (Wildman–Crippen MR) is 124 cm³/mol. The summed E-state index contributed by atoms with van der Waals surface area (Å²) in [5, 5.41) is 23.5. The van der Waals surface area contributed by atoms with E-state index in [0.717, 1.165) is 11.6 Å². The van der Waals surface area contributed by atoms with E-state index >= 15 is 0 Å². The number of hydrogen-bond donors (Lipinski definition) is 1. The topological polar surface area (TPSA) is 105 Å². The summed E-state index contributed by atoms with van der Waals surface area (Å²) < 4.78 is 45.1. The number of nitro groups is 1. The molecule has 178 valence electrons. The predicted octanol–water partition coefficient (Wildman–Crippen LogP) is 6.39. The van der Waals surface area contributed by atoms with Crippen molar-refractivity contribution in [3.63, 3.8) is 0 Å². The van der Waals surface area contributed by atoms with E-state index in [-0.39, 0.29) is 23.4 Å². The van der Waals surface area contributed by atoms with Gasteiger partial charge >= 0.3 is 11.9 Å². The highest BCUT2D eigenvalue weighted by atomic mass is 79.9. The lowest BCUT2D eigenvalue weighted by atomic mass is 10.1. The van der Waals surface area contributed by atoms with Gasteiger partial charge in [0.1, 0.15) is 17.4 Å². The number of hydrogen-bond acceptors (Lipinski definition) is 5. The van der Waals surface area contributed by atoms with Gasteiger partial charge in [0.15, 0.2) is 0 Å². The summed E-state index contributed by atoms with van der Waals surface area (Å²) in [4.78, 5) is 22.9. The normalized spacial score (nSPS) is 11.5. The zero-order valence-corrected chi connectivity index (χ0v) is 19.3. The van der Waals surface area contributed by atoms with Gasteiger partial charge in [-0.25, -0.2) is 0 Å². The number of nitrogens with zero attached hydrogens (tertiary/aromatic N) is 2. The first-order valence-corrected chi connectivity index (χ1v) is 10.6. The number of carbonyl (C=O) groups excluding carboxylic acids is 1. The van der Waals surface area contributed by atoms with Gasteiger partial charge in [0.05, 0.1) is 10.5 Å². The fraction of sp³-hybridized carbons (Fsp3) is 0.0833. The third-order valence-electron chi connectivity index (χ3n) is 4.64. The standard InChI is InChI=1S/C24H15BrF3N3O4/c25-19-7-9-21(35-22-8-6-18(24(26,27)28)12-20(22)31(33)34)16(11-19)10-17(13-29)23(32)30-14-15-4-2-1-3-5-15/h1-12H,14H2,(H,30,32)/b17-10+. The summed E-state index contributed by atoms with van der Waals surface area (Å²) in [7, 11) is 0. The summed E-state index contributed by atoms with van der Waals surface area (Å²) in [6.45, 7) is 0.179. The van der Waals surface area contributed by atoms with Crippen LogP contribution >= 0.6 is 15.9 Å². The van der Waals surface area contributed by atoms with Crippen LogP contribution in [0.15, 0.2) is 76.8 Å². The molecule has 0 spiro atoms. The van der Waals surface area contributed by atoms with Crippen LogP contribution in [0.5, 0.6) is 11.5 Å². The first-order chi connectivity index (χ1) is 16.6. The molecule has 0 aliphatic heterocycles. The van der Waals surface area contributed by atoms with Crippen LogP contribution in [0, 0.1) is 21.4 Å². The van der Waals surface area contributed by atoms with E-state index in [1.165, 1.54) is 24.3 Å². The van der Waals surface area contributed by atoms with Crippen LogP contribution in [0.25, 0.3) is 6.08 Å². The second-order valence-corrected chi connectivity index (χ2v) is 7.98. The number of halogens is 4. The van der Waals surface area contributed by atoms with E-state index in [2.05, 4.69) is 21.2 Å². The third kappa shape index (κ3) is 6.68. The largest absolute Gasteiger partial charge is 0.449 e. The Morgan fingerprint density at radius 1 is 1.11 bits per heavy atom. The molecule has 0 heterocycles. The van der Waals surface area contributed by atoms with Crippen LogP contribution in [0.3, 0.4) is 0 Å². The lowest BCUT2D eigenvalue weighted by molar-refractivity contribution is -0.385. The average molecular weight is 546 g/mol. The molecule has 35 heavy (non-hydrogen) atoms. The van der Waals surface area contributed by atoms with Crippen molar-refractivity contribution in [2.24, 2.45) is 0 Å². The molecule has 0 bridgehead atoms. The lowest BCUT2D eigenvalue weighted by Crippen LogP contribution is -2.23. The number of benzene rings is 3. The monoisotopic (exact) mass is 545 g/mol. The number of nitro benzene ring substituents is 1. The minimum absolute atomic E-state index is 0.0142. The van der Waals surface area contributed by atoms with Crippen LogP contribution in [-0.4, -0.2) is 10.8 Å². The van der Waals surface area contributed by atoms with Crippen LogP contribution in [0.4, 0.5) is 18.9 Å². The molecule has 0 fully saturated rings. The Labute approximate surface area is 205 Å². The molecule has 0 aliphatic rings. The van der Waals surface area contributed by atoms with Crippen LogP contribution in [0.2, 0.25) is 0 Å². The molecule has 0 aromatic heterocycles. The highest BCUT2D eigenvalue weighted by molar-refractivity contribution is 9.10. The summed E-state index contributed by atoms with van der Waals surface area (Å²) >= 11 is 3.26. The lowest BCUT2D eigenvalue weighted by Gasteiger charge is -2.12. The highest BCUT2D eigenvalue weighted by Crippen LogP contribution is 2.39. The van der Waals surface area contributed by atoms with Crippen molar-refractivity contribution in [1.82, 2.24) is 5.32 Å². The Kier molecular flexibility index (Phi) is 7.88.